The van der Waals surface area contributed by atoms with Crippen LogP contribution < -0.4 is 9.80 Å². The summed E-state index contributed by atoms with van der Waals surface area (Å²) in [5.41, 5.74) is 13.8. The zero-order chi connectivity index (χ0) is 45.6. The first-order chi connectivity index (χ1) is 33.4. The lowest BCUT2D eigenvalue weighted by Crippen LogP contribution is -2.15. The zero-order valence-corrected chi connectivity index (χ0v) is 39.2. The molecule has 0 aliphatic heterocycles. The summed E-state index contributed by atoms with van der Waals surface area (Å²) >= 11 is 0. The minimum atomic E-state index is 0.335. The third-order valence-electron chi connectivity index (χ3n) is 15.1. The fraction of sp³-hybridized carbons (Fsp3) is 0.188. The van der Waals surface area contributed by atoms with Crippen LogP contribution in [0.5, 0.6) is 0 Å². The summed E-state index contributed by atoms with van der Waals surface area (Å²) < 4.78 is 13.9. The summed E-state index contributed by atoms with van der Waals surface area (Å²) in [4.78, 5) is 4.95. The van der Waals surface area contributed by atoms with E-state index in [1.807, 2.05) is 0 Å². The number of hydrogen-bond donors (Lipinski definition) is 0. The van der Waals surface area contributed by atoms with E-state index in [0.717, 1.165) is 78.0 Å². The van der Waals surface area contributed by atoms with Crippen molar-refractivity contribution in [2.24, 2.45) is 0 Å². The molecule has 0 bridgehead atoms. The molecule has 1 aliphatic carbocycles. The van der Waals surface area contributed by atoms with Gasteiger partial charge in [-0.05, 0) is 118 Å². The number of para-hydroxylation sites is 4. The van der Waals surface area contributed by atoms with Crippen molar-refractivity contribution in [1.29, 1.82) is 0 Å². The predicted molar refractivity (Wildman–Crippen MR) is 288 cm³/mol. The summed E-state index contributed by atoms with van der Waals surface area (Å²) in [7, 11) is 0. The molecule has 0 spiro atoms. The predicted octanol–water partition coefficient (Wildman–Crippen LogP) is 19.6. The summed E-state index contributed by atoms with van der Waals surface area (Å²) in [6, 6.07) is 65.4. The molecule has 1 fully saturated rings. The summed E-state index contributed by atoms with van der Waals surface area (Å²) in [5.74, 6) is 1.27. The molecule has 0 unspecified atom stereocenters. The molecule has 4 nitrogen and oxygen atoms in total. The number of rotatable bonds is 9. The lowest BCUT2D eigenvalue weighted by molar-refractivity contribution is 0.444. The Morgan fingerprint density at radius 1 is 0.397 bits per heavy atom. The highest BCUT2D eigenvalue weighted by Gasteiger charge is 2.29. The van der Waals surface area contributed by atoms with Crippen molar-refractivity contribution in [2.45, 2.75) is 77.6 Å². The summed E-state index contributed by atoms with van der Waals surface area (Å²) in [6.45, 7) is 9.12. The number of fused-ring (bicyclic) bond motifs is 6. The van der Waals surface area contributed by atoms with Gasteiger partial charge in [-0.2, -0.15) is 0 Å². The molecule has 12 aromatic rings. The minimum absolute atomic E-state index is 0.335. The van der Waals surface area contributed by atoms with Crippen LogP contribution in [0.25, 0.3) is 76.2 Å². The normalized spacial score (nSPS) is 13.8. The highest BCUT2D eigenvalue weighted by molar-refractivity contribution is 6.29. The topological polar surface area (TPSA) is 32.8 Å². The van der Waals surface area contributed by atoms with Gasteiger partial charge in [-0.15, -0.1) is 0 Å². The van der Waals surface area contributed by atoms with Gasteiger partial charge in [0.25, 0.3) is 0 Å². The third-order valence-corrected chi connectivity index (χ3v) is 15.1. The molecule has 4 heteroatoms. The number of benzene rings is 10. The molecule has 0 saturated heterocycles. The lowest BCUT2D eigenvalue weighted by Gasteiger charge is -2.33. The monoisotopic (exact) mass is 882 g/mol. The maximum Gasteiger partial charge on any atom is 0.159 e. The van der Waals surface area contributed by atoms with E-state index in [1.165, 1.54) is 81.1 Å². The van der Waals surface area contributed by atoms with E-state index in [1.54, 1.807) is 0 Å². The first-order valence-corrected chi connectivity index (χ1v) is 24.7. The number of hydrogen-bond acceptors (Lipinski definition) is 4. The molecule has 68 heavy (non-hydrogen) atoms. The molecule has 1 aliphatic rings. The van der Waals surface area contributed by atoms with Crippen LogP contribution in [0.15, 0.2) is 185 Å². The Kier molecular flexibility index (Phi) is 9.61. The molecule has 0 amide bonds. The van der Waals surface area contributed by atoms with Gasteiger partial charge in [-0.3, -0.25) is 0 Å². The average Bonchev–Trinajstić information content (AvgIpc) is 3.96. The molecular formula is C64H54N2O2. The maximum absolute atomic E-state index is 6.95. The van der Waals surface area contributed by atoms with Gasteiger partial charge in [0.1, 0.15) is 11.2 Å². The SMILES string of the molecule is CC(C)c1cccc(N(c2cc(N(c3cccc(C(C)C)c3)c3cccc4c3oc3ccccc34)c3ccc4cc(C5CCCCC5)cc5ccc2c3c54)c2cccc3c2oc2ccccc23)c1. The van der Waals surface area contributed by atoms with E-state index >= 15 is 0 Å². The minimum Gasteiger partial charge on any atom is -0.454 e. The number of nitrogens with zero attached hydrogens (tertiary/aromatic N) is 2. The van der Waals surface area contributed by atoms with Gasteiger partial charge < -0.3 is 18.6 Å². The lowest BCUT2D eigenvalue weighted by atomic mass is 9.82. The molecule has 10 aromatic carbocycles. The van der Waals surface area contributed by atoms with Gasteiger partial charge in [0.2, 0.25) is 0 Å². The molecule has 0 atom stereocenters. The fourth-order valence-electron chi connectivity index (χ4n) is 11.6. The second-order valence-electron chi connectivity index (χ2n) is 19.9. The van der Waals surface area contributed by atoms with Gasteiger partial charge >= 0.3 is 0 Å². The third kappa shape index (κ3) is 6.48. The van der Waals surface area contributed by atoms with Crippen molar-refractivity contribution in [3.63, 3.8) is 0 Å². The summed E-state index contributed by atoms with van der Waals surface area (Å²) in [5, 5.41) is 11.9. The highest BCUT2D eigenvalue weighted by atomic mass is 16.3. The second kappa shape index (κ2) is 16.1. The maximum atomic E-state index is 6.95. The first-order valence-electron chi connectivity index (χ1n) is 24.7. The van der Waals surface area contributed by atoms with E-state index in [9.17, 15) is 0 Å². The van der Waals surface area contributed by atoms with Crippen LogP contribution in [-0.2, 0) is 0 Å². The van der Waals surface area contributed by atoms with Crippen molar-refractivity contribution < 1.29 is 8.83 Å². The smallest absolute Gasteiger partial charge is 0.159 e. The van der Waals surface area contributed by atoms with Crippen LogP contribution in [0.2, 0.25) is 0 Å². The van der Waals surface area contributed by atoms with Crippen LogP contribution in [0, 0.1) is 0 Å². The molecule has 0 N–H and O–H groups in total. The van der Waals surface area contributed by atoms with Crippen molar-refractivity contribution in [1.82, 2.24) is 0 Å². The van der Waals surface area contributed by atoms with Gasteiger partial charge in [0.15, 0.2) is 11.2 Å². The average molecular weight is 883 g/mol. The molecule has 2 heterocycles. The molecule has 13 rings (SSSR count). The standard InChI is InChI=1S/C64H54N2O2/c1-39(2)42-18-12-20-47(36-42)65(55-26-14-24-51-49-22-8-10-28-59(49)67-63(51)55)57-38-58(54-33-31-45-35-46(41-16-6-5-7-17-41)34-44-30-32-53(57)62(54)61(44)45)66(48-21-13-19-43(37-48)40(3)4)56-27-15-25-52-50-23-9-11-29-60(50)68-64(52)56/h8-15,18-41H,5-7,16-17H2,1-4H3. The van der Waals surface area contributed by atoms with Crippen LogP contribution >= 0.6 is 0 Å². The van der Waals surface area contributed by atoms with Crippen LogP contribution in [0.3, 0.4) is 0 Å². The quantitative estimate of drug-likeness (QED) is 0.135. The van der Waals surface area contributed by atoms with Crippen molar-refractivity contribution in [3.05, 3.63) is 193 Å². The van der Waals surface area contributed by atoms with E-state index in [2.05, 4.69) is 213 Å². The first kappa shape index (κ1) is 40.7. The van der Waals surface area contributed by atoms with E-state index in [4.69, 9.17) is 8.83 Å². The van der Waals surface area contributed by atoms with Crippen LogP contribution in [0.4, 0.5) is 34.1 Å². The van der Waals surface area contributed by atoms with E-state index < -0.39 is 0 Å². The van der Waals surface area contributed by atoms with Crippen molar-refractivity contribution in [2.75, 3.05) is 9.80 Å². The molecule has 1 saturated carbocycles. The Morgan fingerprint density at radius 2 is 0.868 bits per heavy atom. The van der Waals surface area contributed by atoms with E-state index in [-0.39, 0.29) is 0 Å². The molecule has 332 valence electrons. The largest absolute Gasteiger partial charge is 0.454 e. The van der Waals surface area contributed by atoms with E-state index in [0.29, 0.717) is 17.8 Å². The zero-order valence-electron chi connectivity index (χ0n) is 39.2. The molecule has 2 aromatic heterocycles. The Bertz CT molecular complexity index is 3640. The molecule has 0 radical (unpaired) electrons. The van der Waals surface area contributed by atoms with Crippen LogP contribution in [0.1, 0.15) is 94.2 Å². The van der Waals surface area contributed by atoms with Crippen molar-refractivity contribution in [3.8, 4) is 0 Å². The Balaban J connectivity index is 1.18. The molecular weight excluding hydrogens is 829 g/mol. The second-order valence-corrected chi connectivity index (χ2v) is 19.9. The van der Waals surface area contributed by atoms with Gasteiger partial charge in [-0.25, -0.2) is 0 Å². The Hall–Kier alpha value is -7.56. The number of anilines is 6. The Morgan fingerprint density at radius 3 is 1.37 bits per heavy atom. The number of furan rings is 2. The highest BCUT2D eigenvalue weighted by Crippen LogP contribution is 2.53. The fourth-order valence-corrected chi connectivity index (χ4v) is 11.6. The van der Waals surface area contributed by atoms with Gasteiger partial charge in [0, 0.05) is 49.1 Å². The van der Waals surface area contributed by atoms with Gasteiger partial charge in [0.05, 0.1) is 22.7 Å². The Labute approximate surface area is 397 Å². The van der Waals surface area contributed by atoms with Crippen LogP contribution in [-0.4, -0.2) is 0 Å². The summed E-state index contributed by atoms with van der Waals surface area (Å²) in [6.07, 6.45) is 6.47. The van der Waals surface area contributed by atoms with Gasteiger partial charge in [-0.1, -0.05) is 168 Å². The van der Waals surface area contributed by atoms with Crippen molar-refractivity contribution >= 4 is 110 Å².